The maximum absolute atomic E-state index is 11.5. The normalized spacial score (nSPS) is 18.6. The SMILES string of the molecule is O=C(NCC(O)C1CCCC1)c1cnns1. The zero-order valence-corrected chi connectivity index (χ0v) is 9.74. The minimum atomic E-state index is -0.424. The molecule has 0 bridgehead atoms. The van der Waals surface area contributed by atoms with Gasteiger partial charge in [0.15, 0.2) is 0 Å². The van der Waals surface area contributed by atoms with E-state index in [1.54, 1.807) is 0 Å². The summed E-state index contributed by atoms with van der Waals surface area (Å²) in [5, 5.41) is 16.1. The van der Waals surface area contributed by atoms with Gasteiger partial charge in [-0.2, -0.15) is 0 Å². The minimum absolute atomic E-state index is 0.202. The lowest BCUT2D eigenvalue weighted by atomic mass is 10.0. The van der Waals surface area contributed by atoms with E-state index in [0.29, 0.717) is 17.3 Å². The van der Waals surface area contributed by atoms with Gasteiger partial charge in [0, 0.05) is 6.54 Å². The van der Waals surface area contributed by atoms with Gasteiger partial charge in [0.25, 0.3) is 5.91 Å². The van der Waals surface area contributed by atoms with Crippen LogP contribution in [-0.4, -0.2) is 33.2 Å². The summed E-state index contributed by atoms with van der Waals surface area (Å²) in [7, 11) is 0. The Labute approximate surface area is 98.0 Å². The second-order valence-electron chi connectivity index (χ2n) is 4.10. The number of aliphatic hydroxyl groups is 1. The lowest BCUT2D eigenvalue weighted by molar-refractivity contribution is 0.0843. The van der Waals surface area contributed by atoms with E-state index in [-0.39, 0.29) is 5.91 Å². The summed E-state index contributed by atoms with van der Waals surface area (Å²) in [4.78, 5) is 12.0. The van der Waals surface area contributed by atoms with Crippen molar-refractivity contribution in [3.05, 3.63) is 11.1 Å². The number of amides is 1. The zero-order chi connectivity index (χ0) is 11.4. The molecule has 1 aliphatic rings. The lowest BCUT2D eigenvalue weighted by Gasteiger charge is -2.17. The van der Waals surface area contributed by atoms with Gasteiger partial charge in [0.1, 0.15) is 4.88 Å². The van der Waals surface area contributed by atoms with E-state index in [1.165, 1.54) is 19.0 Å². The van der Waals surface area contributed by atoms with Gasteiger partial charge >= 0.3 is 0 Å². The topological polar surface area (TPSA) is 75.1 Å². The molecule has 2 rings (SSSR count). The molecule has 1 amide bonds. The predicted molar refractivity (Wildman–Crippen MR) is 60.2 cm³/mol. The van der Waals surface area contributed by atoms with Gasteiger partial charge in [-0.3, -0.25) is 4.79 Å². The van der Waals surface area contributed by atoms with Crippen molar-refractivity contribution in [2.75, 3.05) is 6.54 Å². The number of aliphatic hydroxyl groups excluding tert-OH is 1. The Hall–Kier alpha value is -1.01. The van der Waals surface area contributed by atoms with E-state index in [1.807, 2.05) is 0 Å². The summed E-state index contributed by atoms with van der Waals surface area (Å²) in [6.07, 6.45) is 5.52. The van der Waals surface area contributed by atoms with Crippen LogP contribution in [0.5, 0.6) is 0 Å². The van der Waals surface area contributed by atoms with Crippen molar-refractivity contribution < 1.29 is 9.90 Å². The molecule has 0 saturated heterocycles. The van der Waals surface area contributed by atoms with Crippen LogP contribution in [0.3, 0.4) is 0 Å². The molecular formula is C10H15N3O2S. The van der Waals surface area contributed by atoms with Gasteiger partial charge in [0.2, 0.25) is 0 Å². The van der Waals surface area contributed by atoms with E-state index in [0.717, 1.165) is 24.4 Å². The molecule has 1 aliphatic carbocycles. The first kappa shape index (κ1) is 11.5. The third-order valence-corrected chi connectivity index (χ3v) is 3.66. The van der Waals surface area contributed by atoms with Crippen molar-refractivity contribution in [1.29, 1.82) is 0 Å². The fourth-order valence-corrected chi connectivity index (χ4v) is 2.49. The third kappa shape index (κ3) is 2.76. The summed E-state index contributed by atoms with van der Waals surface area (Å²) >= 11 is 1.06. The fourth-order valence-electron chi connectivity index (χ4n) is 2.06. The second kappa shape index (κ2) is 5.36. The molecule has 1 fully saturated rings. The van der Waals surface area contributed by atoms with Gasteiger partial charge in [-0.1, -0.05) is 17.3 Å². The summed E-state index contributed by atoms with van der Waals surface area (Å²) in [5.41, 5.74) is 0. The van der Waals surface area contributed by atoms with Crippen molar-refractivity contribution in [2.24, 2.45) is 5.92 Å². The van der Waals surface area contributed by atoms with Crippen molar-refractivity contribution in [2.45, 2.75) is 31.8 Å². The van der Waals surface area contributed by atoms with Crippen molar-refractivity contribution in [3.63, 3.8) is 0 Å². The fraction of sp³-hybridized carbons (Fsp3) is 0.700. The second-order valence-corrected chi connectivity index (χ2v) is 4.89. The number of carbonyl (C=O) groups excluding carboxylic acids is 1. The maximum Gasteiger partial charge on any atom is 0.264 e. The van der Waals surface area contributed by atoms with Crippen LogP contribution in [0.25, 0.3) is 0 Å². The van der Waals surface area contributed by atoms with Crippen molar-refractivity contribution in [1.82, 2.24) is 14.9 Å². The van der Waals surface area contributed by atoms with E-state index >= 15 is 0 Å². The summed E-state index contributed by atoms with van der Waals surface area (Å²) in [6.45, 7) is 0.321. The molecule has 2 N–H and O–H groups in total. The molecule has 1 unspecified atom stereocenters. The van der Waals surface area contributed by atoms with Crippen molar-refractivity contribution in [3.8, 4) is 0 Å². The van der Waals surface area contributed by atoms with Gasteiger partial charge in [-0.05, 0) is 30.3 Å². The molecular weight excluding hydrogens is 226 g/mol. The summed E-state index contributed by atoms with van der Waals surface area (Å²) < 4.78 is 3.62. The van der Waals surface area contributed by atoms with Crippen LogP contribution < -0.4 is 5.32 Å². The van der Waals surface area contributed by atoms with Crippen LogP contribution in [0.2, 0.25) is 0 Å². The molecule has 88 valence electrons. The number of aromatic nitrogens is 2. The predicted octanol–water partition coefficient (Wildman–Crippen LogP) is 0.819. The largest absolute Gasteiger partial charge is 0.391 e. The number of carbonyl (C=O) groups is 1. The molecule has 1 aromatic rings. The van der Waals surface area contributed by atoms with Gasteiger partial charge in [0.05, 0.1) is 12.3 Å². The zero-order valence-electron chi connectivity index (χ0n) is 8.93. The van der Waals surface area contributed by atoms with E-state index < -0.39 is 6.10 Å². The highest BCUT2D eigenvalue weighted by Gasteiger charge is 2.23. The van der Waals surface area contributed by atoms with E-state index in [4.69, 9.17) is 0 Å². The quantitative estimate of drug-likeness (QED) is 0.818. The highest BCUT2D eigenvalue weighted by molar-refractivity contribution is 7.07. The highest BCUT2D eigenvalue weighted by atomic mass is 32.1. The molecule has 16 heavy (non-hydrogen) atoms. The summed E-state index contributed by atoms with van der Waals surface area (Å²) in [6, 6.07) is 0. The van der Waals surface area contributed by atoms with E-state index in [2.05, 4.69) is 14.9 Å². The number of nitrogens with one attached hydrogen (secondary N) is 1. The Morgan fingerprint density at radius 1 is 1.62 bits per heavy atom. The Bertz CT molecular complexity index is 336. The Kier molecular flexibility index (Phi) is 3.84. The maximum atomic E-state index is 11.5. The molecule has 6 heteroatoms. The first-order valence-corrected chi connectivity index (χ1v) is 6.28. The highest BCUT2D eigenvalue weighted by Crippen LogP contribution is 2.27. The molecule has 1 aromatic heterocycles. The monoisotopic (exact) mass is 241 g/mol. The van der Waals surface area contributed by atoms with Crippen molar-refractivity contribution >= 4 is 17.4 Å². The molecule has 1 saturated carbocycles. The number of rotatable bonds is 4. The van der Waals surface area contributed by atoms with Crippen LogP contribution in [0.15, 0.2) is 6.20 Å². The molecule has 1 atom stereocenters. The van der Waals surface area contributed by atoms with Crippen LogP contribution in [0.4, 0.5) is 0 Å². The molecule has 0 spiro atoms. The Balaban J connectivity index is 1.76. The average molecular weight is 241 g/mol. The molecule has 5 nitrogen and oxygen atoms in total. The van der Waals surface area contributed by atoms with Gasteiger partial charge < -0.3 is 10.4 Å². The number of hydrogen-bond donors (Lipinski definition) is 2. The molecule has 0 aliphatic heterocycles. The summed E-state index contributed by atoms with van der Waals surface area (Å²) in [5.74, 6) is 0.145. The van der Waals surface area contributed by atoms with Crippen LogP contribution in [0.1, 0.15) is 35.4 Å². The third-order valence-electron chi connectivity index (χ3n) is 3.00. The van der Waals surface area contributed by atoms with Gasteiger partial charge in [-0.15, -0.1) is 5.10 Å². The number of hydrogen-bond acceptors (Lipinski definition) is 5. The van der Waals surface area contributed by atoms with Gasteiger partial charge in [-0.25, -0.2) is 0 Å². The number of nitrogens with zero attached hydrogens (tertiary/aromatic N) is 2. The van der Waals surface area contributed by atoms with Crippen LogP contribution >= 0.6 is 11.5 Å². The van der Waals surface area contributed by atoms with Crippen LogP contribution in [-0.2, 0) is 0 Å². The standard InChI is InChI=1S/C10H15N3O2S/c14-8(7-3-1-2-4-7)5-11-10(15)9-6-12-13-16-9/h6-8,14H,1-5H2,(H,11,15). The first-order valence-electron chi connectivity index (χ1n) is 5.51. The Morgan fingerprint density at radius 2 is 2.38 bits per heavy atom. The first-order chi connectivity index (χ1) is 7.77. The molecule has 1 heterocycles. The van der Waals surface area contributed by atoms with E-state index in [9.17, 15) is 9.90 Å². The Morgan fingerprint density at radius 3 is 3.00 bits per heavy atom. The average Bonchev–Trinajstić information content (AvgIpc) is 2.95. The minimum Gasteiger partial charge on any atom is -0.391 e. The molecule has 0 aromatic carbocycles. The molecule has 0 radical (unpaired) electrons. The lowest BCUT2D eigenvalue weighted by Crippen LogP contribution is -2.35. The smallest absolute Gasteiger partial charge is 0.264 e. The van der Waals surface area contributed by atoms with Crippen LogP contribution in [0, 0.1) is 5.92 Å².